The fraction of sp³-hybridized carbons (Fsp3) is 0.333. The van der Waals surface area contributed by atoms with Crippen LogP contribution < -0.4 is 14.8 Å². The molecule has 0 aliphatic carbocycles. The van der Waals surface area contributed by atoms with Gasteiger partial charge in [-0.25, -0.2) is 4.98 Å². The molecule has 0 spiro atoms. The molecule has 2 heterocycles. The highest BCUT2D eigenvalue weighted by Crippen LogP contribution is 2.35. The van der Waals surface area contributed by atoms with Crippen molar-refractivity contribution < 1.29 is 14.3 Å². The molecular weight excluding hydrogens is 306 g/mol. The first kappa shape index (κ1) is 16.1. The van der Waals surface area contributed by atoms with Crippen LogP contribution in [0.15, 0.2) is 42.5 Å². The van der Waals surface area contributed by atoms with Crippen molar-refractivity contribution >= 4 is 12.0 Å². The molecule has 3 rings (SSSR count). The van der Waals surface area contributed by atoms with Gasteiger partial charge in [0.25, 0.3) is 5.91 Å². The molecule has 1 aliphatic heterocycles. The van der Waals surface area contributed by atoms with Crippen LogP contribution in [0.25, 0.3) is 6.08 Å². The summed E-state index contributed by atoms with van der Waals surface area (Å²) in [5, 5.41) is 2.99. The standard InChI is InChI=1S/C18H21N3O3/c1-3-23-16-6-4-5-14-9-15(11-24-17(14)16)18(22)20-13(2)10-21-8-7-19-12-21/h4-9,12-13H,3,10-11H2,1-2H3,(H,20,22)/t13-/m0/s1. The molecule has 0 saturated heterocycles. The number of nitrogens with one attached hydrogen (secondary N) is 1. The maximum atomic E-state index is 12.4. The highest BCUT2D eigenvalue weighted by atomic mass is 16.5. The van der Waals surface area contributed by atoms with Crippen LogP contribution in [-0.2, 0) is 11.3 Å². The Labute approximate surface area is 141 Å². The van der Waals surface area contributed by atoms with Crippen molar-refractivity contribution in [1.29, 1.82) is 0 Å². The molecule has 2 aromatic rings. The third-order valence-electron chi connectivity index (χ3n) is 3.72. The maximum Gasteiger partial charge on any atom is 0.250 e. The number of nitrogens with zero attached hydrogens (tertiary/aromatic N) is 2. The van der Waals surface area contributed by atoms with Gasteiger partial charge in [-0.15, -0.1) is 0 Å². The zero-order valence-corrected chi connectivity index (χ0v) is 13.9. The van der Waals surface area contributed by atoms with E-state index in [2.05, 4.69) is 10.3 Å². The average molecular weight is 327 g/mol. The first-order chi connectivity index (χ1) is 11.7. The van der Waals surface area contributed by atoms with Gasteiger partial charge in [-0.1, -0.05) is 12.1 Å². The smallest absolute Gasteiger partial charge is 0.250 e. The number of ether oxygens (including phenoxy) is 2. The summed E-state index contributed by atoms with van der Waals surface area (Å²) in [6.45, 7) is 5.37. The van der Waals surface area contributed by atoms with Crippen LogP contribution in [0.3, 0.4) is 0 Å². The minimum Gasteiger partial charge on any atom is -0.490 e. The van der Waals surface area contributed by atoms with E-state index in [9.17, 15) is 4.79 Å². The molecule has 24 heavy (non-hydrogen) atoms. The Morgan fingerprint density at radius 1 is 1.50 bits per heavy atom. The SMILES string of the molecule is CCOc1cccc2c1OCC(C(=O)N[C@@H](C)Cn1ccnc1)=C2. The average Bonchev–Trinajstić information content (AvgIpc) is 3.07. The van der Waals surface area contributed by atoms with Crippen LogP contribution in [0.4, 0.5) is 0 Å². The van der Waals surface area contributed by atoms with Gasteiger partial charge < -0.3 is 19.4 Å². The normalized spacial score (nSPS) is 14.2. The summed E-state index contributed by atoms with van der Waals surface area (Å²) in [6.07, 6.45) is 7.19. The van der Waals surface area contributed by atoms with Crippen LogP contribution in [0.2, 0.25) is 0 Å². The van der Waals surface area contributed by atoms with E-state index in [1.54, 1.807) is 12.5 Å². The van der Waals surface area contributed by atoms with Gasteiger partial charge in [0, 0.05) is 30.5 Å². The largest absolute Gasteiger partial charge is 0.490 e. The monoisotopic (exact) mass is 327 g/mol. The second-order valence-electron chi connectivity index (χ2n) is 5.70. The number of para-hydroxylation sites is 1. The lowest BCUT2D eigenvalue weighted by atomic mass is 10.1. The van der Waals surface area contributed by atoms with Gasteiger partial charge in [0.1, 0.15) is 6.61 Å². The molecule has 0 saturated carbocycles. The van der Waals surface area contributed by atoms with Gasteiger partial charge in [0.2, 0.25) is 0 Å². The predicted molar refractivity (Wildman–Crippen MR) is 90.9 cm³/mol. The minimum atomic E-state index is -0.116. The molecule has 0 radical (unpaired) electrons. The third kappa shape index (κ3) is 3.59. The van der Waals surface area contributed by atoms with Gasteiger partial charge in [-0.3, -0.25) is 4.79 Å². The molecular formula is C18H21N3O3. The van der Waals surface area contributed by atoms with E-state index >= 15 is 0 Å². The van der Waals surface area contributed by atoms with Gasteiger partial charge in [0.15, 0.2) is 11.5 Å². The summed E-state index contributed by atoms with van der Waals surface area (Å²) in [4.78, 5) is 16.4. The summed E-state index contributed by atoms with van der Waals surface area (Å²) >= 11 is 0. The van der Waals surface area contributed by atoms with Crippen LogP contribution in [-0.4, -0.2) is 34.7 Å². The van der Waals surface area contributed by atoms with Gasteiger partial charge >= 0.3 is 0 Å². The number of fused-ring (bicyclic) bond motifs is 1. The van der Waals surface area contributed by atoms with E-state index < -0.39 is 0 Å². The Balaban J connectivity index is 1.69. The van der Waals surface area contributed by atoms with E-state index in [0.29, 0.717) is 30.2 Å². The van der Waals surface area contributed by atoms with Crippen molar-refractivity contribution in [3.8, 4) is 11.5 Å². The molecule has 1 N–H and O–H groups in total. The Hall–Kier alpha value is -2.76. The number of hydrogen-bond donors (Lipinski definition) is 1. The molecule has 1 amide bonds. The number of carbonyl (C=O) groups is 1. The molecule has 1 aromatic carbocycles. The Morgan fingerprint density at radius 3 is 3.12 bits per heavy atom. The summed E-state index contributed by atoms with van der Waals surface area (Å²) in [5.41, 5.74) is 1.47. The summed E-state index contributed by atoms with van der Waals surface area (Å²) in [5.74, 6) is 1.29. The Kier molecular flexibility index (Phi) is 4.84. The number of rotatable bonds is 6. The zero-order chi connectivity index (χ0) is 16.9. The molecule has 1 aromatic heterocycles. The fourth-order valence-electron chi connectivity index (χ4n) is 2.65. The summed E-state index contributed by atoms with van der Waals surface area (Å²) in [6, 6.07) is 5.67. The lowest BCUT2D eigenvalue weighted by molar-refractivity contribution is -0.118. The highest BCUT2D eigenvalue weighted by Gasteiger charge is 2.21. The number of benzene rings is 1. The minimum absolute atomic E-state index is 0.0104. The van der Waals surface area contributed by atoms with Crippen LogP contribution in [0, 0.1) is 0 Å². The van der Waals surface area contributed by atoms with Crippen molar-refractivity contribution in [3.63, 3.8) is 0 Å². The lowest BCUT2D eigenvalue weighted by Gasteiger charge is -2.21. The number of amides is 1. The molecule has 1 atom stereocenters. The summed E-state index contributed by atoms with van der Waals surface area (Å²) < 4.78 is 13.2. The van der Waals surface area contributed by atoms with Crippen LogP contribution in [0.5, 0.6) is 11.5 Å². The highest BCUT2D eigenvalue weighted by molar-refractivity contribution is 5.99. The van der Waals surface area contributed by atoms with E-state index in [1.807, 2.05) is 48.9 Å². The van der Waals surface area contributed by atoms with Gasteiger partial charge in [0.05, 0.1) is 18.5 Å². The second-order valence-corrected chi connectivity index (χ2v) is 5.70. The van der Waals surface area contributed by atoms with E-state index in [0.717, 1.165) is 5.56 Å². The molecule has 126 valence electrons. The first-order valence-electron chi connectivity index (χ1n) is 8.03. The number of aromatic nitrogens is 2. The second kappa shape index (κ2) is 7.21. The molecule has 0 fully saturated rings. The number of imidazole rings is 1. The molecule has 0 bridgehead atoms. The Bertz CT molecular complexity index is 738. The third-order valence-corrected chi connectivity index (χ3v) is 3.72. The molecule has 1 aliphatic rings. The van der Waals surface area contributed by atoms with Crippen molar-refractivity contribution in [2.45, 2.75) is 26.4 Å². The topological polar surface area (TPSA) is 65.4 Å². The van der Waals surface area contributed by atoms with E-state index in [1.165, 1.54) is 0 Å². The zero-order valence-electron chi connectivity index (χ0n) is 13.9. The van der Waals surface area contributed by atoms with Crippen molar-refractivity contribution in [2.75, 3.05) is 13.2 Å². The van der Waals surface area contributed by atoms with E-state index in [-0.39, 0.29) is 18.6 Å². The number of carbonyl (C=O) groups excluding carboxylic acids is 1. The van der Waals surface area contributed by atoms with Crippen molar-refractivity contribution in [1.82, 2.24) is 14.9 Å². The Morgan fingerprint density at radius 2 is 2.38 bits per heavy atom. The molecule has 6 nitrogen and oxygen atoms in total. The lowest BCUT2D eigenvalue weighted by Crippen LogP contribution is -2.37. The van der Waals surface area contributed by atoms with Crippen molar-refractivity contribution in [3.05, 3.63) is 48.1 Å². The quantitative estimate of drug-likeness (QED) is 0.884. The van der Waals surface area contributed by atoms with Crippen LogP contribution in [0.1, 0.15) is 19.4 Å². The predicted octanol–water partition coefficient (Wildman–Crippen LogP) is 2.26. The first-order valence-corrected chi connectivity index (χ1v) is 8.03. The van der Waals surface area contributed by atoms with E-state index in [4.69, 9.17) is 9.47 Å². The summed E-state index contributed by atoms with van der Waals surface area (Å²) in [7, 11) is 0. The van der Waals surface area contributed by atoms with Crippen LogP contribution >= 0.6 is 0 Å². The van der Waals surface area contributed by atoms with Gasteiger partial charge in [-0.05, 0) is 26.0 Å². The van der Waals surface area contributed by atoms with Crippen molar-refractivity contribution in [2.24, 2.45) is 0 Å². The maximum absolute atomic E-state index is 12.4. The van der Waals surface area contributed by atoms with Gasteiger partial charge in [-0.2, -0.15) is 0 Å². The molecule has 6 heteroatoms. The number of hydrogen-bond acceptors (Lipinski definition) is 4. The fourth-order valence-corrected chi connectivity index (χ4v) is 2.65. The molecule has 0 unspecified atom stereocenters.